The fourth-order valence-corrected chi connectivity index (χ4v) is 1.51. The predicted octanol–water partition coefficient (Wildman–Crippen LogP) is 0.643. The molecule has 1 aromatic carbocycles. The Morgan fingerprint density at radius 2 is 2.33 bits per heavy atom. The van der Waals surface area contributed by atoms with E-state index in [2.05, 4.69) is 4.79 Å². The smallest absolute Gasteiger partial charge is 0.324 e. The zero-order valence-electron chi connectivity index (χ0n) is 9.74. The topological polar surface area (TPSA) is 123 Å². The van der Waals surface area contributed by atoms with Crippen molar-refractivity contribution in [3.05, 3.63) is 45.0 Å². The van der Waals surface area contributed by atoms with Crippen LogP contribution in [0.4, 0.5) is 5.69 Å². The highest BCUT2D eigenvalue weighted by Crippen LogP contribution is 2.18. The lowest BCUT2D eigenvalue weighted by atomic mass is 9.99. The Kier molecular flexibility index (Phi) is 4.42. The minimum Gasteiger partial charge on any atom is -0.361 e. The summed E-state index contributed by atoms with van der Waals surface area (Å²) in [6, 6.07) is 3.52. The standard InChI is InChI=1S/C11H12N4O3/c1-7-4-9(15(17)18)3-2-8(7)5-10(12)11(16)6-14-13/h2-4,6,10H,5,12H2,1H3. The van der Waals surface area contributed by atoms with Gasteiger partial charge in [-0.2, -0.15) is 4.79 Å². The Balaban J connectivity index is 2.89. The normalized spacial score (nSPS) is 11.4. The number of nitro benzene ring substituents is 1. The van der Waals surface area contributed by atoms with Crippen molar-refractivity contribution >= 4 is 17.7 Å². The number of carbonyl (C=O) groups is 1. The van der Waals surface area contributed by atoms with Gasteiger partial charge in [0.1, 0.15) is 0 Å². The maximum atomic E-state index is 11.3. The van der Waals surface area contributed by atoms with E-state index in [-0.39, 0.29) is 12.1 Å². The number of aryl methyl sites for hydroxylation is 1. The van der Waals surface area contributed by atoms with Crippen LogP contribution in [0, 0.1) is 17.0 Å². The van der Waals surface area contributed by atoms with E-state index in [4.69, 9.17) is 11.3 Å². The molecule has 0 aromatic heterocycles. The summed E-state index contributed by atoms with van der Waals surface area (Å²) in [4.78, 5) is 24.0. The highest BCUT2D eigenvalue weighted by atomic mass is 16.6. The quantitative estimate of drug-likeness (QED) is 0.270. The van der Waals surface area contributed by atoms with Crippen molar-refractivity contribution in [2.75, 3.05) is 0 Å². The van der Waals surface area contributed by atoms with Crippen LogP contribution in [0.1, 0.15) is 11.1 Å². The average molecular weight is 248 g/mol. The van der Waals surface area contributed by atoms with E-state index in [1.54, 1.807) is 13.0 Å². The number of Topliss-reactive ketones (excluding diaryl/α,β-unsaturated/α-hetero) is 1. The van der Waals surface area contributed by atoms with E-state index in [0.29, 0.717) is 5.56 Å². The first-order chi connectivity index (χ1) is 8.45. The fourth-order valence-electron chi connectivity index (χ4n) is 1.51. The SMILES string of the molecule is Cc1cc([N+](=O)[O-])ccc1CC(N)C(=O)C=[N+]=[N-]. The summed E-state index contributed by atoms with van der Waals surface area (Å²) in [5.74, 6) is -0.504. The maximum absolute atomic E-state index is 11.3. The molecule has 0 aliphatic heterocycles. The third-order valence-electron chi connectivity index (χ3n) is 2.53. The predicted molar refractivity (Wildman–Crippen MR) is 64.2 cm³/mol. The van der Waals surface area contributed by atoms with Gasteiger partial charge in [0.25, 0.3) is 11.5 Å². The zero-order valence-corrected chi connectivity index (χ0v) is 9.74. The minimum absolute atomic E-state index is 0.00642. The van der Waals surface area contributed by atoms with Crippen LogP contribution in [0.2, 0.25) is 0 Å². The Morgan fingerprint density at radius 1 is 1.67 bits per heavy atom. The van der Waals surface area contributed by atoms with Gasteiger partial charge in [-0.3, -0.25) is 14.9 Å². The second-order valence-electron chi connectivity index (χ2n) is 3.83. The molecule has 0 heterocycles. The van der Waals surface area contributed by atoms with Gasteiger partial charge in [0, 0.05) is 12.1 Å². The van der Waals surface area contributed by atoms with Gasteiger partial charge in [-0.05, 0) is 24.5 Å². The summed E-state index contributed by atoms with van der Waals surface area (Å²) in [6.45, 7) is 1.71. The number of hydrogen-bond donors (Lipinski definition) is 1. The number of benzene rings is 1. The molecule has 0 bridgehead atoms. The van der Waals surface area contributed by atoms with Crippen LogP contribution in [-0.4, -0.2) is 27.8 Å². The fraction of sp³-hybridized carbons (Fsp3) is 0.273. The number of nitrogens with two attached hydrogens (primary N) is 1. The van der Waals surface area contributed by atoms with Gasteiger partial charge in [0.2, 0.25) is 0 Å². The lowest BCUT2D eigenvalue weighted by Gasteiger charge is -2.08. The second-order valence-corrected chi connectivity index (χ2v) is 3.83. The largest absolute Gasteiger partial charge is 0.361 e. The Morgan fingerprint density at radius 3 is 2.83 bits per heavy atom. The molecule has 0 saturated heterocycles. The van der Waals surface area contributed by atoms with E-state index in [9.17, 15) is 14.9 Å². The Hall–Kier alpha value is -2.37. The van der Waals surface area contributed by atoms with Gasteiger partial charge in [-0.15, -0.1) is 0 Å². The summed E-state index contributed by atoms with van der Waals surface area (Å²) in [5, 5.41) is 10.6. The van der Waals surface area contributed by atoms with Crippen molar-refractivity contribution in [2.24, 2.45) is 5.73 Å². The number of hydrogen-bond acceptors (Lipinski definition) is 4. The molecule has 1 unspecified atom stereocenters. The van der Waals surface area contributed by atoms with E-state index in [1.165, 1.54) is 12.1 Å². The van der Waals surface area contributed by atoms with E-state index < -0.39 is 16.7 Å². The highest BCUT2D eigenvalue weighted by molar-refractivity contribution is 6.27. The van der Waals surface area contributed by atoms with E-state index >= 15 is 0 Å². The van der Waals surface area contributed by atoms with Gasteiger partial charge >= 0.3 is 6.21 Å². The monoisotopic (exact) mass is 248 g/mol. The van der Waals surface area contributed by atoms with Crippen molar-refractivity contribution in [3.8, 4) is 0 Å². The summed E-state index contributed by atoms with van der Waals surface area (Å²) < 4.78 is 0. The van der Waals surface area contributed by atoms with E-state index in [0.717, 1.165) is 11.8 Å². The van der Waals surface area contributed by atoms with Crippen LogP contribution in [0.3, 0.4) is 0 Å². The zero-order chi connectivity index (χ0) is 13.7. The minimum atomic E-state index is -0.832. The van der Waals surface area contributed by atoms with Crippen molar-refractivity contribution in [2.45, 2.75) is 19.4 Å². The van der Waals surface area contributed by atoms with Crippen LogP contribution in [-0.2, 0) is 11.2 Å². The summed E-state index contributed by atoms with van der Waals surface area (Å²) in [6.07, 6.45) is 0.972. The first kappa shape index (κ1) is 13.7. The molecule has 0 radical (unpaired) electrons. The lowest BCUT2D eigenvalue weighted by molar-refractivity contribution is -0.384. The number of carbonyl (C=O) groups excluding carboxylic acids is 1. The molecule has 0 saturated carbocycles. The number of non-ortho nitro benzene ring substituents is 1. The number of rotatable bonds is 5. The molecule has 1 aromatic rings. The molecule has 1 atom stereocenters. The number of ketones is 1. The first-order valence-electron chi connectivity index (χ1n) is 5.16. The lowest BCUT2D eigenvalue weighted by Crippen LogP contribution is -2.33. The molecule has 7 heteroatoms. The third-order valence-corrected chi connectivity index (χ3v) is 2.53. The first-order valence-corrected chi connectivity index (χ1v) is 5.16. The molecule has 18 heavy (non-hydrogen) atoms. The maximum Gasteiger partial charge on any atom is 0.324 e. The van der Waals surface area contributed by atoms with Gasteiger partial charge in [0.05, 0.1) is 11.0 Å². The molecule has 0 fully saturated rings. The van der Waals surface area contributed by atoms with Crippen molar-refractivity contribution in [1.82, 2.24) is 0 Å². The molecular formula is C11H12N4O3. The van der Waals surface area contributed by atoms with Crippen molar-refractivity contribution < 1.29 is 14.5 Å². The molecule has 0 spiro atoms. The summed E-state index contributed by atoms with van der Waals surface area (Å²) in [5.41, 5.74) is 15.3. The van der Waals surface area contributed by atoms with Gasteiger partial charge in [-0.1, -0.05) is 6.07 Å². The molecule has 2 N–H and O–H groups in total. The highest BCUT2D eigenvalue weighted by Gasteiger charge is 2.17. The average Bonchev–Trinajstić information content (AvgIpc) is 2.31. The third kappa shape index (κ3) is 3.31. The van der Waals surface area contributed by atoms with E-state index in [1.807, 2.05) is 0 Å². The van der Waals surface area contributed by atoms with Gasteiger partial charge < -0.3 is 11.3 Å². The molecule has 1 rings (SSSR count). The van der Waals surface area contributed by atoms with Crippen LogP contribution in [0.15, 0.2) is 18.2 Å². The van der Waals surface area contributed by atoms with Crippen molar-refractivity contribution in [3.63, 3.8) is 0 Å². The molecule has 94 valence electrons. The molecule has 0 amide bonds. The Labute approximate surface area is 103 Å². The molecule has 7 nitrogen and oxygen atoms in total. The molecule has 0 aliphatic carbocycles. The molecule has 0 aliphatic rings. The summed E-state index contributed by atoms with van der Waals surface area (Å²) >= 11 is 0. The Bertz CT molecular complexity index is 535. The number of nitro groups is 1. The molecular weight excluding hydrogens is 236 g/mol. The van der Waals surface area contributed by atoms with Gasteiger partial charge in [0.15, 0.2) is 0 Å². The number of nitrogens with zero attached hydrogens (tertiary/aromatic N) is 3. The van der Waals surface area contributed by atoms with Crippen LogP contribution in [0.5, 0.6) is 0 Å². The van der Waals surface area contributed by atoms with Crippen LogP contribution in [0.25, 0.3) is 5.53 Å². The van der Waals surface area contributed by atoms with Gasteiger partial charge in [-0.25, -0.2) is 0 Å². The van der Waals surface area contributed by atoms with Crippen LogP contribution >= 0.6 is 0 Å². The summed E-state index contributed by atoms with van der Waals surface area (Å²) in [7, 11) is 0. The second kappa shape index (κ2) is 5.81. The van der Waals surface area contributed by atoms with Crippen molar-refractivity contribution in [1.29, 1.82) is 0 Å². The van der Waals surface area contributed by atoms with Crippen LogP contribution < -0.4 is 5.73 Å².